The van der Waals surface area contributed by atoms with E-state index in [1.165, 1.54) is 6.07 Å². The average molecular weight is 289 g/mol. The van der Waals surface area contributed by atoms with Gasteiger partial charge in [-0.05, 0) is 42.3 Å². The van der Waals surface area contributed by atoms with Crippen molar-refractivity contribution in [2.45, 2.75) is 19.5 Å². The second kappa shape index (κ2) is 7.09. The van der Waals surface area contributed by atoms with Gasteiger partial charge in [0.1, 0.15) is 17.3 Å². The molecule has 2 aromatic carbocycles. The fraction of sp³-hybridized carbons (Fsp3) is 0.294. The molecule has 0 bridgehead atoms. The molecule has 0 aliphatic rings. The van der Waals surface area contributed by atoms with Crippen molar-refractivity contribution in [3.63, 3.8) is 0 Å². The second-order valence-electron chi connectivity index (χ2n) is 4.88. The van der Waals surface area contributed by atoms with E-state index in [9.17, 15) is 4.39 Å². The largest absolute Gasteiger partial charge is 0.497 e. The standard InChI is InChI=1S/C17H20FNO2/c1-12(14-5-4-6-15(18)9-14)19-11-13-7-16(20-2)10-17(8-13)21-3/h4-10,12,19H,11H2,1-3H3. The van der Waals surface area contributed by atoms with Crippen molar-refractivity contribution in [3.8, 4) is 11.5 Å². The van der Waals surface area contributed by atoms with Gasteiger partial charge in [0.05, 0.1) is 14.2 Å². The van der Waals surface area contributed by atoms with E-state index >= 15 is 0 Å². The first kappa shape index (κ1) is 15.3. The Hall–Kier alpha value is -2.07. The maximum absolute atomic E-state index is 13.2. The fourth-order valence-electron chi connectivity index (χ4n) is 2.13. The van der Waals surface area contributed by atoms with Crippen LogP contribution >= 0.6 is 0 Å². The molecule has 112 valence electrons. The third-order valence-electron chi connectivity index (χ3n) is 3.37. The van der Waals surface area contributed by atoms with Crippen molar-refractivity contribution >= 4 is 0 Å². The number of benzene rings is 2. The first-order valence-corrected chi connectivity index (χ1v) is 6.83. The first-order valence-electron chi connectivity index (χ1n) is 6.83. The van der Waals surface area contributed by atoms with Crippen LogP contribution < -0.4 is 14.8 Å². The Kier molecular flexibility index (Phi) is 5.17. The van der Waals surface area contributed by atoms with Gasteiger partial charge in [-0.2, -0.15) is 0 Å². The summed E-state index contributed by atoms with van der Waals surface area (Å²) in [5.74, 6) is 1.29. The maximum atomic E-state index is 13.2. The van der Waals surface area contributed by atoms with Crippen molar-refractivity contribution < 1.29 is 13.9 Å². The van der Waals surface area contributed by atoms with Gasteiger partial charge < -0.3 is 14.8 Å². The van der Waals surface area contributed by atoms with Crippen LogP contribution in [0.25, 0.3) is 0 Å². The van der Waals surface area contributed by atoms with Crippen molar-refractivity contribution in [1.82, 2.24) is 5.32 Å². The summed E-state index contributed by atoms with van der Waals surface area (Å²) < 4.78 is 23.7. The Balaban J connectivity index is 2.05. The molecule has 4 heteroatoms. The van der Waals surface area contributed by atoms with Crippen LogP contribution in [-0.4, -0.2) is 14.2 Å². The van der Waals surface area contributed by atoms with Crippen LogP contribution in [0.1, 0.15) is 24.1 Å². The smallest absolute Gasteiger partial charge is 0.123 e. The molecule has 0 fully saturated rings. The van der Waals surface area contributed by atoms with Crippen molar-refractivity contribution in [1.29, 1.82) is 0 Å². The lowest BCUT2D eigenvalue weighted by atomic mass is 10.1. The zero-order valence-corrected chi connectivity index (χ0v) is 12.5. The van der Waals surface area contributed by atoms with Crippen LogP contribution in [0.2, 0.25) is 0 Å². The minimum absolute atomic E-state index is 0.0536. The minimum atomic E-state index is -0.218. The first-order chi connectivity index (χ1) is 10.1. The molecule has 0 aromatic heterocycles. The van der Waals surface area contributed by atoms with Crippen LogP contribution in [0.5, 0.6) is 11.5 Å². The van der Waals surface area contributed by atoms with Crippen molar-refractivity contribution in [3.05, 3.63) is 59.4 Å². The van der Waals surface area contributed by atoms with Crippen molar-refractivity contribution in [2.75, 3.05) is 14.2 Å². The molecule has 0 amide bonds. The van der Waals surface area contributed by atoms with Crippen LogP contribution in [-0.2, 0) is 6.54 Å². The SMILES string of the molecule is COc1cc(CNC(C)c2cccc(F)c2)cc(OC)c1. The van der Waals surface area contributed by atoms with E-state index in [0.717, 1.165) is 22.6 Å². The number of methoxy groups -OCH3 is 2. The summed E-state index contributed by atoms with van der Waals surface area (Å²) in [4.78, 5) is 0. The Bertz CT molecular complexity index is 579. The van der Waals surface area contributed by atoms with Gasteiger partial charge in [0, 0.05) is 18.7 Å². The highest BCUT2D eigenvalue weighted by molar-refractivity contribution is 5.38. The van der Waals surface area contributed by atoms with Crippen LogP contribution in [0.15, 0.2) is 42.5 Å². The topological polar surface area (TPSA) is 30.5 Å². The van der Waals surface area contributed by atoms with E-state index in [1.807, 2.05) is 31.2 Å². The normalized spacial score (nSPS) is 12.0. The van der Waals surface area contributed by atoms with Gasteiger partial charge in [-0.25, -0.2) is 4.39 Å². The molecule has 2 aromatic rings. The summed E-state index contributed by atoms with van der Waals surface area (Å²) in [7, 11) is 3.25. The molecule has 0 radical (unpaired) electrons. The number of ether oxygens (including phenoxy) is 2. The van der Waals surface area contributed by atoms with E-state index in [4.69, 9.17) is 9.47 Å². The Morgan fingerprint density at radius 3 is 2.29 bits per heavy atom. The van der Waals surface area contributed by atoms with Gasteiger partial charge >= 0.3 is 0 Å². The van der Waals surface area contributed by atoms with Gasteiger partial charge in [-0.3, -0.25) is 0 Å². The van der Waals surface area contributed by atoms with E-state index in [-0.39, 0.29) is 11.9 Å². The third-order valence-corrected chi connectivity index (χ3v) is 3.37. The molecule has 0 saturated carbocycles. The molecule has 1 atom stereocenters. The molecule has 1 unspecified atom stereocenters. The fourth-order valence-corrected chi connectivity index (χ4v) is 2.13. The molecular formula is C17H20FNO2. The van der Waals surface area contributed by atoms with E-state index < -0.39 is 0 Å². The second-order valence-corrected chi connectivity index (χ2v) is 4.88. The highest BCUT2D eigenvalue weighted by Crippen LogP contribution is 2.23. The molecule has 3 nitrogen and oxygen atoms in total. The number of hydrogen-bond acceptors (Lipinski definition) is 3. The molecule has 2 rings (SSSR count). The molecule has 0 heterocycles. The summed E-state index contributed by atoms with van der Waals surface area (Å²) in [6.07, 6.45) is 0. The Labute approximate surface area is 124 Å². The average Bonchev–Trinajstić information content (AvgIpc) is 2.52. The lowest BCUT2D eigenvalue weighted by molar-refractivity contribution is 0.392. The van der Waals surface area contributed by atoms with Gasteiger partial charge in [-0.1, -0.05) is 12.1 Å². The molecule has 1 N–H and O–H groups in total. The van der Waals surface area contributed by atoms with E-state index in [1.54, 1.807) is 26.4 Å². The summed E-state index contributed by atoms with van der Waals surface area (Å²) in [5, 5.41) is 3.37. The van der Waals surface area contributed by atoms with Crippen LogP contribution in [0.4, 0.5) is 4.39 Å². The van der Waals surface area contributed by atoms with Crippen LogP contribution in [0.3, 0.4) is 0 Å². The molecule has 0 saturated heterocycles. The summed E-state index contributed by atoms with van der Waals surface area (Å²) in [5.41, 5.74) is 1.97. The predicted octanol–water partition coefficient (Wildman–Crippen LogP) is 3.69. The highest BCUT2D eigenvalue weighted by atomic mass is 19.1. The summed E-state index contributed by atoms with van der Waals surface area (Å²) in [6, 6.07) is 12.4. The number of hydrogen-bond donors (Lipinski definition) is 1. The van der Waals surface area contributed by atoms with Gasteiger partial charge in [0.15, 0.2) is 0 Å². The molecular weight excluding hydrogens is 269 g/mol. The summed E-state index contributed by atoms with van der Waals surface area (Å²) in [6.45, 7) is 2.65. The zero-order chi connectivity index (χ0) is 15.2. The lowest BCUT2D eigenvalue weighted by Crippen LogP contribution is -2.18. The summed E-state index contributed by atoms with van der Waals surface area (Å²) >= 11 is 0. The minimum Gasteiger partial charge on any atom is -0.497 e. The van der Waals surface area contributed by atoms with Gasteiger partial charge in [-0.15, -0.1) is 0 Å². The van der Waals surface area contributed by atoms with Crippen LogP contribution in [0, 0.1) is 5.82 Å². The molecule has 0 aliphatic carbocycles. The van der Waals surface area contributed by atoms with E-state index in [0.29, 0.717) is 6.54 Å². The highest BCUT2D eigenvalue weighted by Gasteiger charge is 2.07. The number of halogens is 1. The molecule has 0 spiro atoms. The zero-order valence-electron chi connectivity index (χ0n) is 12.5. The maximum Gasteiger partial charge on any atom is 0.123 e. The van der Waals surface area contributed by atoms with E-state index in [2.05, 4.69) is 5.32 Å². The quantitative estimate of drug-likeness (QED) is 0.879. The van der Waals surface area contributed by atoms with Crippen molar-refractivity contribution in [2.24, 2.45) is 0 Å². The number of rotatable bonds is 6. The lowest BCUT2D eigenvalue weighted by Gasteiger charge is -2.15. The molecule has 21 heavy (non-hydrogen) atoms. The molecule has 0 aliphatic heterocycles. The third kappa shape index (κ3) is 4.20. The number of nitrogens with one attached hydrogen (secondary N) is 1. The monoisotopic (exact) mass is 289 g/mol. The predicted molar refractivity (Wildman–Crippen MR) is 81.2 cm³/mol. The van der Waals surface area contributed by atoms with Gasteiger partial charge in [0.2, 0.25) is 0 Å². The van der Waals surface area contributed by atoms with Gasteiger partial charge in [0.25, 0.3) is 0 Å². The Morgan fingerprint density at radius 1 is 1.05 bits per heavy atom. The Morgan fingerprint density at radius 2 is 1.71 bits per heavy atom.